The van der Waals surface area contributed by atoms with Crippen molar-refractivity contribution in [2.45, 2.75) is 6.92 Å². The first-order valence-electron chi connectivity index (χ1n) is 4.51. The van der Waals surface area contributed by atoms with Gasteiger partial charge < -0.3 is 5.21 Å². The third-order valence-corrected chi connectivity index (χ3v) is 2.16. The molecule has 0 aliphatic rings. The maximum Gasteiger partial charge on any atom is 0.188 e. The van der Waals surface area contributed by atoms with Crippen molar-refractivity contribution in [1.82, 2.24) is 0 Å². The molecule has 0 aliphatic carbocycles. The Morgan fingerprint density at radius 1 is 1.00 bits per heavy atom. The van der Waals surface area contributed by atoms with Gasteiger partial charge in [-0.15, -0.1) is 0 Å². The first kappa shape index (κ1) is 8.75. The van der Waals surface area contributed by atoms with Crippen molar-refractivity contribution >= 4 is 0 Å². The van der Waals surface area contributed by atoms with Gasteiger partial charge in [0.05, 0.1) is 0 Å². The third kappa shape index (κ3) is 1.74. The molecule has 2 rings (SSSR count). The minimum atomic E-state index is 0.815. The number of pyridine rings is 1. The molecule has 0 aliphatic heterocycles. The van der Waals surface area contributed by atoms with Crippen LogP contribution in [0.3, 0.4) is 0 Å². The highest BCUT2D eigenvalue weighted by Crippen LogP contribution is 2.17. The Labute approximate surface area is 83.0 Å². The van der Waals surface area contributed by atoms with Gasteiger partial charge in [-0.3, -0.25) is 0 Å². The fourth-order valence-electron chi connectivity index (χ4n) is 1.37. The van der Waals surface area contributed by atoms with Crippen LogP contribution in [-0.2, 0) is 0 Å². The van der Waals surface area contributed by atoms with Gasteiger partial charge in [-0.05, 0) is 18.6 Å². The molecule has 0 bridgehead atoms. The molecule has 0 spiro atoms. The molecule has 0 atom stereocenters. The zero-order chi connectivity index (χ0) is 9.97. The Morgan fingerprint density at radius 3 is 2.36 bits per heavy atom. The Hall–Kier alpha value is -1.83. The second-order valence-corrected chi connectivity index (χ2v) is 3.32. The van der Waals surface area contributed by atoms with Gasteiger partial charge >= 0.3 is 0 Å². The highest BCUT2D eigenvalue weighted by atomic mass is 16.5. The van der Waals surface area contributed by atoms with Crippen molar-refractivity contribution in [3.8, 4) is 11.1 Å². The van der Waals surface area contributed by atoms with E-state index >= 15 is 0 Å². The summed E-state index contributed by atoms with van der Waals surface area (Å²) in [5.74, 6) is 0. The Morgan fingerprint density at radius 2 is 1.71 bits per heavy atom. The summed E-state index contributed by atoms with van der Waals surface area (Å²) in [7, 11) is 0. The van der Waals surface area contributed by atoms with Crippen molar-refractivity contribution in [1.29, 1.82) is 0 Å². The van der Waals surface area contributed by atoms with E-state index in [1.807, 2.05) is 37.3 Å². The van der Waals surface area contributed by atoms with Gasteiger partial charge in [-0.25, -0.2) is 0 Å². The number of hydrogen-bond donors (Lipinski definition) is 0. The number of nitrogens with zero attached hydrogens (tertiary/aromatic N) is 1. The summed E-state index contributed by atoms with van der Waals surface area (Å²) in [6.45, 7) is 2.04. The smallest absolute Gasteiger partial charge is 0.188 e. The predicted molar refractivity (Wildman–Crippen MR) is 55.6 cm³/mol. The molecule has 2 aromatic rings. The Kier molecular flexibility index (Phi) is 2.19. The van der Waals surface area contributed by atoms with E-state index in [0.29, 0.717) is 0 Å². The van der Waals surface area contributed by atoms with Crippen LogP contribution in [0.4, 0.5) is 0 Å². The van der Waals surface area contributed by atoms with E-state index in [-0.39, 0.29) is 0 Å². The van der Waals surface area contributed by atoms with Crippen LogP contribution in [0.1, 0.15) is 5.56 Å². The lowest BCUT2D eigenvalue weighted by Gasteiger charge is -2.01. The van der Waals surface area contributed by atoms with Gasteiger partial charge in [0.2, 0.25) is 0 Å². The fourth-order valence-corrected chi connectivity index (χ4v) is 1.37. The van der Waals surface area contributed by atoms with Gasteiger partial charge in [-0.2, -0.15) is 4.73 Å². The van der Waals surface area contributed by atoms with Gasteiger partial charge in [0.25, 0.3) is 0 Å². The molecule has 1 aromatic carbocycles. The molecule has 0 radical (unpaired) electrons. The SMILES string of the molecule is Cc1ccc(-c2ccc[n+]([O-])c2)cc1. The van der Waals surface area contributed by atoms with Crippen LogP contribution in [0.15, 0.2) is 48.8 Å². The number of benzene rings is 1. The van der Waals surface area contributed by atoms with E-state index in [1.165, 1.54) is 11.8 Å². The van der Waals surface area contributed by atoms with Crippen molar-refractivity contribution in [2.75, 3.05) is 0 Å². The van der Waals surface area contributed by atoms with Crippen LogP contribution in [0.2, 0.25) is 0 Å². The maximum atomic E-state index is 11.0. The third-order valence-electron chi connectivity index (χ3n) is 2.16. The lowest BCUT2D eigenvalue weighted by Crippen LogP contribution is -2.23. The van der Waals surface area contributed by atoms with Crippen LogP contribution in [-0.4, -0.2) is 0 Å². The van der Waals surface area contributed by atoms with Crippen molar-refractivity contribution in [2.24, 2.45) is 0 Å². The molecule has 0 fully saturated rings. The number of aromatic nitrogens is 1. The Bertz CT molecular complexity index is 434. The average Bonchev–Trinajstić information content (AvgIpc) is 2.19. The molecule has 0 saturated carbocycles. The summed E-state index contributed by atoms with van der Waals surface area (Å²) in [6.07, 6.45) is 3.06. The molecule has 0 saturated heterocycles. The predicted octanol–water partition coefficient (Wildman–Crippen LogP) is 2.30. The molecular formula is C12H11NO. The second-order valence-electron chi connectivity index (χ2n) is 3.32. The van der Waals surface area contributed by atoms with Crippen molar-refractivity contribution in [3.05, 3.63) is 59.6 Å². The zero-order valence-corrected chi connectivity index (χ0v) is 7.97. The molecule has 2 heteroatoms. The first-order valence-corrected chi connectivity index (χ1v) is 4.51. The minimum absolute atomic E-state index is 0.815. The van der Waals surface area contributed by atoms with Crippen LogP contribution >= 0.6 is 0 Å². The van der Waals surface area contributed by atoms with Gasteiger partial charge in [0, 0.05) is 11.6 Å². The highest BCUT2D eigenvalue weighted by Gasteiger charge is 1.99. The molecule has 2 nitrogen and oxygen atoms in total. The fraction of sp³-hybridized carbons (Fsp3) is 0.0833. The molecule has 0 amide bonds. The summed E-state index contributed by atoms with van der Waals surface area (Å²) in [5, 5.41) is 11.0. The van der Waals surface area contributed by atoms with E-state index < -0.39 is 0 Å². The normalized spacial score (nSPS) is 10.1. The summed E-state index contributed by atoms with van der Waals surface area (Å²) >= 11 is 0. The summed E-state index contributed by atoms with van der Waals surface area (Å²) in [5.41, 5.74) is 3.24. The summed E-state index contributed by atoms with van der Waals surface area (Å²) in [6, 6.07) is 11.8. The number of hydrogen-bond acceptors (Lipinski definition) is 1. The largest absolute Gasteiger partial charge is 0.619 e. The van der Waals surface area contributed by atoms with Crippen LogP contribution < -0.4 is 4.73 Å². The standard InChI is InChI=1S/C12H11NO/c1-10-4-6-11(7-5-10)12-3-2-8-13(14)9-12/h2-9H,1H3. The molecule has 0 unspecified atom stereocenters. The van der Waals surface area contributed by atoms with E-state index in [0.717, 1.165) is 15.9 Å². The number of aryl methyl sites for hydroxylation is 1. The molecule has 70 valence electrons. The minimum Gasteiger partial charge on any atom is -0.619 e. The summed E-state index contributed by atoms with van der Waals surface area (Å²) in [4.78, 5) is 0. The maximum absolute atomic E-state index is 11.0. The molecule has 14 heavy (non-hydrogen) atoms. The zero-order valence-electron chi connectivity index (χ0n) is 7.97. The quantitative estimate of drug-likeness (QED) is 0.494. The van der Waals surface area contributed by atoms with Gasteiger partial charge in [0.15, 0.2) is 12.4 Å². The van der Waals surface area contributed by atoms with E-state index in [4.69, 9.17) is 0 Å². The Balaban J connectivity index is 2.44. The number of rotatable bonds is 1. The molecular weight excluding hydrogens is 174 g/mol. The average molecular weight is 185 g/mol. The second kappa shape index (κ2) is 3.50. The lowest BCUT2D eigenvalue weighted by molar-refractivity contribution is -0.604. The van der Waals surface area contributed by atoms with Gasteiger partial charge in [0.1, 0.15) is 0 Å². The van der Waals surface area contributed by atoms with Crippen LogP contribution in [0, 0.1) is 12.1 Å². The van der Waals surface area contributed by atoms with E-state index in [9.17, 15) is 5.21 Å². The lowest BCUT2D eigenvalue weighted by atomic mass is 10.1. The molecule has 1 aromatic heterocycles. The van der Waals surface area contributed by atoms with Crippen LogP contribution in [0.5, 0.6) is 0 Å². The highest BCUT2D eigenvalue weighted by molar-refractivity contribution is 5.61. The molecule has 1 heterocycles. The molecule has 0 N–H and O–H groups in total. The van der Waals surface area contributed by atoms with Crippen molar-refractivity contribution < 1.29 is 4.73 Å². The summed E-state index contributed by atoms with van der Waals surface area (Å²) < 4.78 is 0.815. The van der Waals surface area contributed by atoms with Crippen LogP contribution in [0.25, 0.3) is 11.1 Å². The van der Waals surface area contributed by atoms with Gasteiger partial charge in [-0.1, -0.05) is 29.8 Å². The van der Waals surface area contributed by atoms with E-state index in [1.54, 1.807) is 12.3 Å². The van der Waals surface area contributed by atoms with Crippen molar-refractivity contribution in [3.63, 3.8) is 0 Å². The first-order chi connectivity index (χ1) is 6.75. The van der Waals surface area contributed by atoms with E-state index in [2.05, 4.69) is 0 Å². The monoisotopic (exact) mass is 185 g/mol. The topological polar surface area (TPSA) is 26.9 Å².